The molecule has 0 aliphatic heterocycles. The molecule has 0 saturated heterocycles. The van der Waals surface area contributed by atoms with Crippen LogP contribution in [0.5, 0.6) is 0 Å². The summed E-state index contributed by atoms with van der Waals surface area (Å²) in [7, 11) is 0. The number of nitrogens with one attached hydrogen (secondary N) is 1. The molecule has 0 fully saturated rings. The molecule has 1 rings (SSSR count). The molecule has 5 N–H and O–H groups in total. The van der Waals surface area contributed by atoms with E-state index < -0.39 is 11.9 Å². The SMILES string of the molecule is CC(N)c1c(F)ccc(N)c1C=N. The van der Waals surface area contributed by atoms with Crippen LogP contribution in [-0.2, 0) is 0 Å². The fourth-order valence-corrected chi connectivity index (χ4v) is 1.25. The zero-order valence-corrected chi connectivity index (χ0v) is 7.34. The number of nitrogen functional groups attached to an aromatic ring is 1. The van der Waals surface area contributed by atoms with Crippen LogP contribution >= 0.6 is 0 Å². The topological polar surface area (TPSA) is 75.9 Å². The van der Waals surface area contributed by atoms with Crippen molar-refractivity contribution in [3.63, 3.8) is 0 Å². The van der Waals surface area contributed by atoms with Gasteiger partial charge in [0.2, 0.25) is 0 Å². The third kappa shape index (κ3) is 1.67. The molecule has 70 valence electrons. The molecule has 0 heterocycles. The minimum absolute atomic E-state index is 0.301. The second-order valence-electron chi connectivity index (χ2n) is 2.90. The fourth-order valence-electron chi connectivity index (χ4n) is 1.25. The van der Waals surface area contributed by atoms with Crippen LogP contribution in [0.15, 0.2) is 12.1 Å². The summed E-state index contributed by atoms with van der Waals surface area (Å²) >= 11 is 0. The van der Waals surface area contributed by atoms with Gasteiger partial charge in [0, 0.05) is 29.1 Å². The van der Waals surface area contributed by atoms with Crippen LogP contribution in [0.2, 0.25) is 0 Å². The maximum absolute atomic E-state index is 13.2. The molecule has 0 amide bonds. The maximum atomic E-state index is 13.2. The molecule has 0 bridgehead atoms. The summed E-state index contributed by atoms with van der Waals surface area (Å²) in [5.74, 6) is -0.414. The van der Waals surface area contributed by atoms with Crippen molar-refractivity contribution in [1.29, 1.82) is 5.41 Å². The van der Waals surface area contributed by atoms with Crippen LogP contribution in [0.3, 0.4) is 0 Å². The molecule has 1 unspecified atom stereocenters. The highest BCUT2D eigenvalue weighted by Crippen LogP contribution is 2.23. The van der Waals surface area contributed by atoms with Gasteiger partial charge in [0.1, 0.15) is 5.82 Å². The number of anilines is 1. The van der Waals surface area contributed by atoms with Gasteiger partial charge in [-0.3, -0.25) is 0 Å². The van der Waals surface area contributed by atoms with Gasteiger partial charge in [-0.05, 0) is 19.1 Å². The van der Waals surface area contributed by atoms with Crippen molar-refractivity contribution in [2.45, 2.75) is 13.0 Å². The van der Waals surface area contributed by atoms with Gasteiger partial charge < -0.3 is 16.9 Å². The Morgan fingerprint density at radius 2 is 2.15 bits per heavy atom. The summed E-state index contributed by atoms with van der Waals surface area (Å²) in [5, 5.41) is 7.09. The summed E-state index contributed by atoms with van der Waals surface area (Å²) in [6, 6.07) is 2.24. The highest BCUT2D eigenvalue weighted by Gasteiger charge is 2.13. The molecule has 13 heavy (non-hydrogen) atoms. The van der Waals surface area contributed by atoms with Gasteiger partial charge in [-0.2, -0.15) is 0 Å². The molecule has 1 atom stereocenters. The molecule has 1 aromatic rings. The third-order valence-electron chi connectivity index (χ3n) is 1.87. The van der Waals surface area contributed by atoms with Crippen LogP contribution in [0.1, 0.15) is 24.1 Å². The molecule has 0 radical (unpaired) electrons. The van der Waals surface area contributed by atoms with E-state index in [1.165, 1.54) is 12.1 Å². The molecule has 0 aliphatic carbocycles. The number of halogens is 1. The van der Waals surface area contributed by atoms with E-state index in [-0.39, 0.29) is 0 Å². The molecule has 1 aromatic carbocycles. The Balaban J connectivity index is 3.43. The summed E-state index contributed by atoms with van der Waals surface area (Å²) in [4.78, 5) is 0. The molecule has 0 aliphatic rings. The van der Waals surface area contributed by atoms with Crippen molar-refractivity contribution in [3.8, 4) is 0 Å². The first-order chi connectivity index (χ1) is 6.07. The van der Waals surface area contributed by atoms with Gasteiger partial charge in [-0.15, -0.1) is 0 Å². The second kappa shape index (κ2) is 3.53. The smallest absolute Gasteiger partial charge is 0.128 e. The number of hydrogen-bond donors (Lipinski definition) is 3. The second-order valence-corrected chi connectivity index (χ2v) is 2.90. The Morgan fingerprint density at radius 1 is 1.54 bits per heavy atom. The van der Waals surface area contributed by atoms with Crippen LogP contribution in [0.25, 0.3) is 0 Å². The van der Waals surface area contributed by atoms with E-state index in [9.17, 15) is 4.39 Å². The van der Waals surface area contributed by atoms with Gasteiger partial charge in [0.25, 0.3) is 0 Å². The molecule has 0 saturated carbocycles. The molecule has 0 spiro atoms. The largest absolute Gasteiger partial charge is 0.398 e. The summed E-state index contributed by atoms with van der Waals surface area (Å²) in [6.07, 6.45) is 1.02. The average molecular weight is 181 g/mol. The van der Waals surface area contributed by atoms with Crippen molar-refractivity contribution in [2.24, 2.45) is 5.73 Å². The lowest BCUT2D eigenvalue weighted by Gasteiger charge is -2.12. The van der Waals surface area contributed by atoms with Gasteiger partial charge >= 0.3 is 0 Å². The predicted octanol–water partition coefficient (Wildman–Crippen LogP) is 1.43. The Bertz CT molecular complexity index is 334. The van der Waals surface area contributed by atoms with Crippen molar-refractivity contribution in [3.05, 3.63) is 29.1 Å². The van der Waals surface area contributed by atoms with Gasteiger partial charge in [0.05, 0.1) is 0 Å². The number of hydrogen-bond acceptors (Lipinski definition) is 3. The maximum Gasteiger partial charge on any atom is 0.128 e. The Hall–Kier alpha value is -1.42. The fraction of sp³-hybridized carbons (Fsp3) is 0.222. The van der Waals surface area contributed by atoms with Crippen molar-refractivity contribution >= 4 is 11.9 Å². The van der Waals surface area contributed by atoms with Gasteiger partial charge in [0.15, 0.2) is 0 Å². The van der Waals surface area contributed by atoms with Crippen LogP contribution in [0.4, 0.5) is 10.1 Å². The minimum atomic E-state index is -0.458. The zero-order valence-electron chi connectivity index (χ0n) is 7.34. The number of rotatable bonds is 2. The zero-order chi connectivity index (χ0) is 10.0. The van der Waals surface area contributed by atoms with Crippen LogP contribution < -0.4 is 11.5 Å². The molecular weight excluding hydrogens is 169 g/mol. The van der Waals surface area contributed by atoms with E-state index in [1.54, 1.807) is 6.92 Å². The van der Waals surface area contributed by atoms with E-state index in [4.69, 9.17) is 16.9 Å². The average Bonchev–Trinajstić information content (AvgIpc) is 2.07. The first-order valence-corrected chi connectivity index (χ1v) is 3.92. The van der Waals surface area contributed by atoms with E-state index in [1.807, 2.05) is 0 Å². The molecular formula is C9H12FN3. The van der Waals surface area contributed by atoms with Crippen molar-refractivity contribution in [1.82, 2.24) is 0 Å². The summed E-state index contributed by atoms with van der Waals surface area (Å²) in [5.41, 5.74) is 12.2. The Kier molecular flexibility index (Phi) is 2.63. The molecule has 4 heteroatoms. The molecule has 0 aromatic heterocycles. The van der Waals surface area contributed by atoms with Gasteiger partial charge in [-0.1, -0.05) is 0 Å². The lowest BCUT2D eigenvalue weighted by Crippen LogP contribution is -2.12. The highest BCUT2D eigenvalue weighted by molar-refractivity contribution is 5.87. The first-order valence-electron chi connectivity index (χ1n) is 3.92. The number of benzene rings is 1. The number of nitrogens with two attached hydrogens (primary N) is 2. The monoisotopic (exact) mass is 181 g/mol. The van der Waals surface area contributed by atoms with E-state index in [0.717, 1.165) is 6.21 Å². The van der Waals surface area contributed by atoms with Crippen molar-refractivity contribution in [2.75, 3.05) is 5.73 Å². The predicted molar refractivity (Wildman–Crippen MR) is 51.3 cm³/mol. The Morgan fingerprint density at radius 3 is 2.54 bits per heavy atom. The Labute approximate surface area is 76.1 Å². The van der Waals surface area contributed by atoms with E-state index >= 15 is 0 Å². The quantitative estimate of drug-likeness (QED) is 0.476. The first kappa shape index (κ1) is 9.67. The highest BCUT2D eigenvalue weighted by atomic mass is 19.1. The lowest BCUT2D eigenvalue weighted by atomic mass is 10.0. The van der Waals surface area contributed by atoms with Gasteiger partial charge in [-0.25, -0.2) is 4.39 Å². The van der Waals surface area contributed by atoms with Crippen LogP contribution in [-0.4, -0.2) is 6.21 Å². The summed E-state index contributed by atoms with van der Waals surface area (Å²) in [6.45, 7) is 1.66. The standard InChI is InChI=1S/C9H12FN3/c1-5(12)9-6(4-11)8(13)3-2-7(9)10/h2-5,11H,12-13H2,1H3. The van der Waals surface area contributed by atoms with Crippen LogP contribution in [0, 0.1) is 11.2 Å². The van der Waals surface area contributed by atoms with E-state index in [2.05, 4.69) is 0 Å². The lowest BCUT2D eigenvalue weighted by molar-refractivity contribution is 0.593. The van der Waals surface area contributed by atoms with Crippen molar-refractivity contribution < 1.29 is 4.39 Å². The summed E-state index contributed by atoms with van der Waals surface area (Å²) < 4.78 is 13.2. The minimum Gasteiger partial charge on any atom is -0.398 e. The van der Waals surface area contributed by atoms with E-state index in [0.29, 0.717) is 16.8 Å². The third-order valence-corrected chi connectivity index (χ3v) is 1.87. The normalized spacial score (nSPS) is 12.5. The molecule has 3 nitrogen and oxygen atoms in total.